The lowest BCUT2D eigenvalue weighted by atomic mass is 10.1. The van der Waals surface area contributed by atoms with Gasteiger partial charge in [-0.25, -0.2) is 0 Å². The summed E-state index contributed by atoms with van der Waals surface area (Å²) >= 11 is 0. The Kier molecular flexibility index (Phi) is 5.52. The second-order valence-corrected chi connectivity index (χ2v) is 5.48. The highest BCUT2D eigenvalue weighted by molar-refractivity contribution is 5.95. The summed E-state index contributed by atoms with van der Waals surface area (Å²) in [5.41, 5.74) is 1.75. The van der Waals surface area contributed by atoms with E-state index in [1.807, 2.05) is 38.1 Å². The first-order valence-electron chi connectivity index (χ1n) is 7.71. The smallest absolute Gasteiger partial charge is 0.274 e. The lowest BCUT2D eigenvalue weighted by Gasteiger charge is -2.19. The van der Waals surface area contributed by atoms with Gasteiger partial charge in [0.1, 0.15) is 5.75 Å². The summed E-state index contributed by atoms with van der Waals surface area (Å²) in [6, 6.07) is 12.1. The van der Waals surface area contributed by atoms with Crippen molar-refractivity contribution in [1.29, 1.82) is 0 Å². The molecule has 0 aromatic heterocycles. The fourth-order valence-corrected chi connectivity index (χ4v) is 2.33. The van der Waals surface area contributed by atoms with E-state index >= 15 is 0 Å². The number of hydrogen-bond donors (Lipinski definition) is 1. The molecule has 0 radical (unpaired) electrons. The number of para-hydroxylation sites is 1. The van der Waals surface area contributed by atoms with E-state index in [9.17, 15) is 14.9 Å². The molecule has 2 aromatic rings. The molecular weight excluding hydrogens is 308 g/mol. The highest BCUT2D eigenvalue weighted by atomic mass is 16.6. The maximum absolute atomic E-state index is 12.5. The summed E-state index contributed by atoms with van der Waals surface area (Å²) in [6.45, 7) is 5.37. The average Bonchev–Trinajstić information content (AvgIpc) is 2.55. The second kappa shape index (κ2) is 7.59. The van der Waals surface area contributed by atoms with Crippen molar-refractivity contribution in [3.8, 4) is 5.75 Å². The Morgan fingerprint density at radius 3 is 2.54 bits per heavy atom. The van der Waals surface area contributed by atoms with Crippen LogP contribution >= 0.6 is 0 Å². The number of amides is 1. The summed E-state index contributed by atoms with van der Waals surface area (Å²) in [5.74, 6) is 0.319. The number of anilines is 1. The molecule has 0 heterocycles. The molecule has 126 valence electrons. The zero-order chi connectivity index (χ0) is 17.7. The molecule has 0 aliphatic carbocycles. The third-order valence-electron chi connectivity index (χ3n) is 3.79. The lowest BCUT2D eigenvalue weighted by molar-refractivity contribution is -0.385. The molecular formula is C18H20N2O4. The molecule has 1 atom stereocenters. The number of nitro groups is 1. The lowest BCUT2D eigenvalue weighted by Crippen LogP contribution is -2.32. The van der Waals surface area contributed by atoms with E-state index in [1.54, 1.807) is 19.1 Å². The monoisotopic (exact) mass is 328 g/mol. The van der Waals surface area contributed by atoms with Gasteiger partial charge in [-0.2, -0.15) is 0 Å². The number of aryl methyl sites for hydroxylation is 1. The summed E-state index contributed by atoms with van der Waals surface area (Å²) in [7, 11) is 0. The number of ether oxygens (including phenoxy) is 1. The van der Waals surface area contributed by atoms with Gasteiger partial charge in [-0.15, -0.1) is 0 Å². The van der Waals surface area contributed by atoms with Gasteiger partial charge < -0.3 is 10.1 Å². The van der Waals surface area contributed by atoms with Crippen LogP contribution < -0.4 is 10.1 Å². The predicted octanol–water partition coefficient (Wildman–Crippen LogP) is 4.01. The minimum absolute atomic E-state index is 0.0272. The number of nitrogens with zero attached hydrogens (tertiary/aromatic N) is 1. The Hall–Kier alpha value is -2.89. The van der Waals surface area contributed by atoms with Crippen molar-refractivity contribution in [3.05, 3.63) is 63.7 Å². The van der Waals surface area contributed by atoms with Crippen molar-refractivity contribution in [3.63, 3.8) is 0 Å². The number of nitro benzene ring substituents is 1. The van der Waals surface area contributed by atoms with E-state index < -0.39 is 11.0 Å². The van der Waals surface area contributed by atoms with Crippen LogP contribution in [-0.4, -0.2) is 16.9 Å². The second-order valence-electron chi connectivity index (χ2n) is 5.48. The minimum atomic E-state index is -0.676. The number of rotatable bonds is 6. The SMILES string of the molecule is CC[C@H](Oc1ccccc1C)C(=O)Nc1cccc([N+](=O)[O-])c1C. The van der Waals surface area contributed by atoms with Gasteiger partial charge in [0, 0.05) is 6.07 Å². The van der Waals surface area contributed by atoms with Gasteiger partial charge in [-0.3, -0.25) is 14.9 Å². The molecule has 0 spiro atoms. The van der Waals surface area contributed by atoms with Crippen molar-refractivity contribution in [2.45, 2.75) is 33.3 Å². The third-order valence-corrected chi connectivity index (χ3v) is 3.79. The number of carbonyl (C=O) groups is 1. The van der Waals surface area contributed by atoms with Gasteiger partial charge >= 0.3 is 0 Å². The molecule has 0 saturated heterocycles. The highest BCUT2D eigenvalue weighted by Crippen LogP contribution is 2.26. The van der Waals surface area contributed by atoms with E-state index in [2.05, 4.69) is 5.32 Å². The van der Waals surface area contributed by atoms with Crippen LogP contribution in [0.2, 0.25) is 0 Å². The zero-order valence-electron chi connectivity index (χ0n) is 13.9. The van der Waals surface area contributed by atoms with E-state index in [1.165, 1.54) is 6.07 Å². The Morgan fingerprint density at radius 2 is 1.92 bits per heavy atom. The molecule has 0 bridgehead atoms. The van der Waals surface area contributed by atoms with Gasteiger partial charge in [0.2, 0.25) is 0 Å². The van der Waals surface area contributed by atoms with Crippen LogP contribution in [0.1, 0.15) is 24.5 Å². The predicted molar refractivity (Wildman–Crippen MR) is 92.3 cm³/mol. The van der Waals surface area contributed by atoms with Crippen LogP contribution in [0.25, 0.3) is 0 Å². The molecule has 0 aliphatic rings. The molecule has 1 N–H and O–H groups in total. The van der Waals surface area contributed by atoms with E-state index in [0.717, 1.165) is 5.56 Å². The number of benzene rings is 2. The molecule has 24 heavy (non-hydrogen) atoms. The largest absolute Gasteiger partial charge is 0.480 e. The maximum Gasteiger partial charge on any atom is 0.274 e. The van der Waals surface area contributed by atoms with Crippen LogP contribution in [0.4, 0.5) is 11.4 Å². The first kappa shape index (κ1) is 17.5. The molecule has 0 unspecified atom stereocenters. The summed E-state index contributed by atoms with van der Waals surface area (Å²) in [6.07, 6.45) is -0.196. The first-order valence-corrected chi connectivity index (χ1v) is 7.71. The molecule has 2 rings (SSSR count). The van der Waals surface area contributed by atoms with E-state index in [-0.39, 0.29) is 11.6 Å². The summed E-state index contributed by atoms with van der Waals surface area (Å²) < 4.78 is 5.80. The van der Waals surface area contributed by atoms with Crippen LogP contribution in [0.15, 0.2) is 42.5 Å². The summed E-state index contributed by atoms with van der Waals surface area (Å²) in [5, 5.41) is 13.7. The topological polar surface area (TPSA) is 81.5 Å². The fourth-order valence-electron chi connectivity index (χ4n) is 2.33. The Bertz CT molecular complexity index is 758. The standard InChI is InChI=1S/C18H20N2O4/c1-4-16(24-17-11-6-5-8-12(17)2)18(21)19-14-9-7-10-15(13(14)3)20(22)23/h5-11,16H,4H2,1-3H3,(H,19,21)/t16-/m0/s1. The fraction of sp³-hybridized carbons (Fsp3) is 0.278. The van der Waals surface area contributed by atoms with Crippen LogP contribution in [-0.2, 0) is 4.79 Å². The molecule has 0 aliphatic heterocycles. The van der Waals surface area contributed by atoms with E-state index in [4.69, 9.17) is 4.74 Å². The van der Waals surface area contributed by atoms with Crippen molar-refractivity contribution in [2.75, 3.05) is 5.32 Å². The van der Waals surface area contributed by atoms with Gasteiger partial charge in [0.25, 0.3) is 11.6 Å². The molecule has 2 aromatic carbocycles. The third kappa shape index (κ3) is 3.90. The van der Waals surface area contributed by atoms with Gasteiger partial charge in [0.15, 0.2) is 6.10 Å². The normalized spacial score (nSPS) is 11.6. The number of hydrogen-bond acceptors (Lipinski definition) is 4. The Morgan fingerprint density at radius 1 is 1.21 bits per heavy atom. The average molecular weight is 328 g/mol. The quantitative estimate of drug-likeness (QED) is 0.641. The van der Waals surface area contributed by atoms with Crippen LogP contribution in [0.3, 0.4) is 0 Å². The van der Waals surface area contributed by atoms with Gasteiger partial charge in [0.05, 0.1) is 16.2 Å². The zero-order valence-corrected chi connectivity index (χ0v) is 13.9. The van der Waals surface area contributed by atoms with Crippen LogP contribution in [0, 0.1) is 24.0 Å². The van der Waals surface area contributed by atoms with Crippen molar-refractivity contribution in [2.24, 2.45) is 0 Å². The molecule has 1 amide bonds. The van der Waals surface area contributed by atoms with Crippen molar-refractivity contribution >= 4 is 17.3 Å². The molecule has 6 heteroatoms. The highest BCUT2D eigenvalue weighted by Gasteiger charge is 2.21. The number of carbonyl (C=O) groups excluding carboxylic acids is 1. The molecule has 0 fully saturated rings. The van der Waals surface area contributed by atoms with Crippen molar-refractivity contribution in [1.82, 2.24) is 0 Å². The maximum atomic E-state index is 12.5. The molecule has 6 nitrogen and oxygen atoms in total. The molecule has 0 saturated carbocycles. The minimum Gasteiger partial charge on any atom is -0.480 e. The van der Waals surface area contributed by atoms with Gasteiger partial charge in [-0.05, 0) is 38.0 Å². The first-order chi connectivity index (χ1) is 11.4. The van der Waals surface area contributed by atoms with E-state index in [0.29, 0.717) is 23.4 Å². The number of nitrogens with one attached hydrogen (secondary N) is 1. The summed E-state index contributed by atoms with van der Waals surface area (Å²) in [4.78, 5) is 23.0. The van der Waals surface area contributed by atoms with Crippen LogP contribution in [0.5, 0.6) is 5.75 Å². The Labute approximate surface area is 140 Å². The Balaban J connectivity index is 2.17. The van der Waals surface area contributed by atoms with Crippen molar-refractivity contribution < 1.29 is 14.5 Å². The van der Waals surface area contributed by atoms with Gasteiger partial charge in [-0.1, -0.05) is 31.2 Å².